The summed E-state index contributed by atoms with van der Waals surface area (Å²) < 4.78 is 5.16. The molecule has 0 aromatic rings. The molecule has 92 valence electrons. The SMILES string of the molecule is CC(C)(C)OC(=O)C/N=C/CC1CCCC1. The maximum atomic E-state index is 11.3. The third kappa shape index (κ3) is 5.89. The van der Waals surface area contributed by atoms with Gasteiger partial charge in [0.15, 0.2) is 0 Å². The zero-order valence-electron chi connectivity index (χ0n) is 10.7. The molecule has 0 heterocycles. The van der Waals surface area contributed by atoms with Crippen LogP contribution in [-0.2, 0) is 9.53 Å². The molecule has 0 amide bonds. The van der Waals surface area contributed by atoms with Crippen molar-refractivity contribution in [1.29, 1.82) is 0 Å². The molecule has 3 heteroatoms. The van der Waals surface area contributed by atoms with Gasteiger partial charge >= 0.3 is 5.97 Å². The van der Waals surface area contributed by atoms with Crippen LogP contribution in [0.1, 0.15) is 52.9 Å². The number of carbonyl (C=O) groups excluding carboxylic acids is 1. The Labute approximate surface area is 98.3 Å². The number of ether oxygens (including phenoxy) is 1. The average Bonchev–Trinajstić information content (AvgIpc) is 2.62. The standard InChI is InChI=1S/C13H23NO2/c1-13(2,3)16-12(15)10-14-9-8-11-6-4-5-7-11/h9,11H,4-8,10H2,1-3H3/b14-9+. The molecule has 1 aliphatic carbocycles. The second-order valence-corrected chi connectivity index (χ2v) is 5.50. The second kappa shape index (κ2) is 6.02. The van der Waals surface area contributed by atoms with Gasteiger partial charge in [-0.1, -0.05) is 25.7 Å². The summed E-state index contributed by atoms with van der Waals surface area (Å²) in [4.78, 5) is 15.4. The molecule has 0 aliphatic heterocycles. The Kier molecular flexibility index (Phi) is 4.97. The van der Waals surface area contributed by atoms with Gasteiger partial charge in [-0.25, -0.2) is 0 Å². The van der Waals surface area contributed by atoms with Crippen molar-refractivity contribution < 1.29 is 9.53 Å². The van der Waals surface area contributed by atoms with Crippen LogP contribution in [-0.4, -0.2) is 24.3 Å². The van der Waals surface area contributed by atoms with Crippen LogP contribution in [0.3, 0.4) is 0 Å². The second-order valence-electron chi connectivity index (χ2n) is 5.50. The summed E-state index contributed by atoms with van der Waals surface area (Å²) in [7, 11) is 0. The lowest BCUT2D eigenvalue weighted by Gasteiger charge is -2.18. The van der Waals surface area contributed by atoms with Crippen molar-refractivity contribution in [1.82, 2.24) is 0 Å². The van der Waals surface area contributed by atoms with E-state index in [1.165, 1.54) is 25.7 Å². The predicted molar refractivity (Wildman–Crippen MR) is 65.8 cm³/mol. The van der Waals surface area contributed by atoms with E-state index in [0.717, 1.165) is 12.3 Å². The van der Waals surface area contributed by atoms with Crippen molar-refractivity contribution in [3.8, 4) is 0 Å². The molecule has 0 N–H and O–H groups in total. The maximum absolute atomic E-state index is 11.3. The average molecular weight is 225 g/mol. The van der Waals surface area contributed by atoms with Gasteiger partial charge in [0.1, 0.15) is 12.1 Å². The quantitative estimate of drug-likeness (QED) is 0.545. The minimum atomic E-state index is -0.405. The van der Waals surface area contributed by atoms with Gasteiger partial charge in [-0.2, -0.15) is 0 Å². The van der Waals surface area contributed by atoms with Crippen molar-refractivity contribution in [2.45, 2.75) is 58.5 Å². The van der Waals surface area contributed by atoms with E-state index in [0.29, 0.717) is 0 Å². The molecule has 0 unspecified atom stereocenters. The van der Waals surface area contributed by atoms with Gasteiger partial charge in [-0.3, -0.25) is 9.79 Å². The number of rotatable bonds is 4. The molecule has 0 aromatic carbocycles. The van der Waals surface area contributed by atoms with Crippen LogP contribution in [0.5, 0.6) is 0 Å². The third-order valence-corrected chi connectivity index (χ3v) is 2.68. The molecule has 0 atom stereocenters. The smallest absolute Gasteiger partial charge is 0.328 e. The van der Waals surface area contributed by atoms with Crippen molar-refractivity contribution in [3.05, 3.63) is 0 Å². The van der Waals surface area contributed by atoms with E-state index < -0.39 is 5.60 Å². The zero-order chi connectivity index (χ0) is 12.0. The van der Waals surface area contributed by atoms with Crippen LogP contribution in [0.15, 0.2) is 4.99 Å². The number of aliphatic imine (C=N–C) groups is 1. The minimum absolute atomic E-state index is 0.157. The van der Waals surface area contributed by atoms with E-state index >= 15 is 0 Å². The van der Waals surface area contributed by atoms with Gasteiger partial charge in [-0.05, 0) is 39.3 Å². The molecule has 0 spiro atoms. The highest BCUT2D eigenvalue weighted by Crippen LogP contribution is 2.26. The van der Waals surface area contributed by atoms with E-state index in [9.17, 15) is 4.79 Å². The number of carbonyl (C=O) groups is 1. The van der Waals surface area contributed by atoms with Gasteiger partial charge in [-0.15, -0.1) is 0 Å². The molecule has 1 saturated carbocycles. The lowest BCUT2D eigenvalue weighted by molar-refractivity contribution is -0.152. The first-order chi connectivity index (χ1) is 7.47. The first-order valence-electron chi connectivity index (χ1n) is 6.17. The summed E-state index contributed by atoms with van der Waals surface area (Å²) in [6.45, 7) is 5.76. The van der Waals surface area contributed by atoms with Gasteiger partial charge < -0.3 is 4.74 Å². The molecule has 0 radical (unpaired) electrons. The van der Waals surface area contributed by atoms with Gasteiger partial charge in [0.25, 0.3) is 0 Å². The molecular formula is C13H23NO2. The van der Waals surface area contributed by atoms with Gasteiger partial charge in [0.05, 0.1) is 0 Å². The summed E-state index contributed by atoms with van der Waals surface area (Å²) in [6, 6.07) is 0. The molecule has 0 bridgehead atoms. The van der Waals surface area contributed by atoms with E-state index in [1.54, 1.807) is 0 Å². The number of hydrogen-bond donors (Lipinski definition) is 0. The Bertz CT molecular complexity index is 247. The van der Waals surface area contributed by atoms with Crippen LogP contribution < -0.4 is 0 Å². The Morgan fingerprint density at radius 3 is 2.56 bits per heavy atom. The highest BCUT2D eigenvalue weighted by molar-refractivity contribution is 5.74. The van der Waals surface area contributed by atoms with E-state index in [2.05, 4.69) is 4.99 Å². The number of hydrogen-bond acceptors (Lipinski definition) is 3. The number of esters is 1. The first kappa shape index (κ1) is 13.2. The van der Waals surface area contributed by atoms with Crippen LogP contribution in [0.2, 0.25) is 0 Å². The van der Waals surface area contributed by atoms with E-state index in [4.69, 9.17) is 4.74 Å². The Balaban J connectivity index is 2.13. The summed E-state index contributed by atoms with van der Waals surface area (Å²) in [5.41, 5.74) is -0.405. The van der Waals surface area contributed by atoms with Crippen LogP contribution in [0.25, 0.3) is 0 Å². The highest BCUT2D eigenvalue weighted by Gasteiger charge is 2.15. The normalized spacial score (nSPS) is 18.2. The van der Waals surface area contributed by atoms with E-state index in [1.807, 2.05) is 27.0 Å². The monoisotopic (exact) mass is 225 g/mol. The summed E-state index contributed by atoms with van der Waals surface area (Å²) in [6.07, 6.45) is 8.24. The topological polar surface area (TPSA) is 38.7 Å². The molecule has 1 rings (SSSR count). The van der Waals surface area contributed by atoms with Gasteiger partial charge in [0, 0.05) is 0 Å². The lowest BCUT2D eigenvalue weighted by atomic mass is 10.1. The molecule has 3 nitrogen and oxygen atoms in total. The summed E-state index contributed by atoms with van der Waals surface area (Å²) in [5, 5.41) is 0. The minimum Gasteiger partial charge on any atom is -0.459 e. The molecule has 16 heavy (non-hydrogen) atoms. The first-order valence-corrected chi connectivity index (χ1v) is 6.17. The summed E-state index contributed by atoms with van der Waals surface area (Å²) >= 11 is 0. The fraction of sp³-hybridized carbons (Fsp3) is 0.846. The van der Waals surface area contributed by atoms with Crippen molar-refractivity contribution in [3.63, 3.8) is 0 Å². The molecule has 0 aromatic heterocycles. The Morgan fingerprint density at radius 1 is 1.38 bits per heavy atom. The largest absolute Gasteiger partial charge is 0.459 e. The predicted octanol–water partition coefficient (Wildman–Crippen LogP) is 2.98. The summed E-state index contributed by atoms with van der Waals surface area (Å²) in [5.74, 6) is 0.553. The Morgan fingerprint density at radius 2 is 2.00 bits per heavy atom. The molecule has 0 saturated heterocycles. The van der Waals surface area contributed by atoms with E-state index in [-0.39, 0.29) is 12.5 Å². The van der Waals surface area contributed by atoms with Crippen molar-refractivity contribution in [2.24, 2.45) is 10.9 Å². The number of nitrogens with zero attached hydrogens (tertiary/aromatic N) is 1. The van der Waals surface area contributed by atoms with Crippen LogP contribution in [0, 0.1) is 5.92 Å². The van der Waals surface area contributed by atoms with Crippen molar-refractivity contribution in [2.75, 3.05) is 6.54 Å². The fourth-order valence-corrected chi connectivity index (χ4v) is 1.98. The fourth-order valence-electron chi connectivity index (χ4n) is 1.98. The molecular weight excluding hydrogens is 202 g/mol. The molecule has 1 aliphatic rings. The third-order valence-electron chi connectivity index (χ3n) is 2.68. The zero-order valence-corrected chi connectivity index (χ0v) is 10.7. The van der Waals surface area contributed by atoms with Crippen molar-refractivity contribution >= 4 is 12.2 Å². The molecule has 1 fully saturated rings. The maximum Gasteiger partial charge on any atom is 0.328 e. The lowest BCUT2D eigenvalue weighted by Crippen LogP contribution is -2.25. The van der Waals surface area contributed by atoms with Crippen LogP contribution in [0.4, 0.5) is 0 Å². The Hall–Kier alpha value is -0.860. The van der Waals surface area contributed by atoms with Crippen LogP contribution >= 0.6 is 0 Å². The van der Waals surface area contributed by atoms with Gasteiger partial charge in [0.2, 0.25) is 0 Å². The highest BCUT2D eigenvalue weighted by atomic mass is 16.6.